The Hall–Kier alpha value is -2.05. The van der Waals surface area contributed by atoms with Crippen LogP contribution in [0, 0.1) is 20.8 Å². The summed E-state index contributed by atoms with van der Waals surface area (Å²) in [5, 5.41) is 0.679. The first-order chi connectivity index (χ1) is 14.1. The molecule has 0 bridgehead atoms. The predicted molar refractivity (Wildman–Crippen MR) is 120 cm³/mol. The minimum absolute atomic E-state index is 0.00349. The van der Waals surface area contributed by atoms with E-state index >= 15 is 0 Å². The zero-order chi connectivity index (χ0) is 22.1. The number of nitrogens with zero attached hydrogens (tertiary/aromatic N) is 1. The van der Waals surface area contributed by atoms with E-state index < -0.39 is 15.9 Å². The largest absolute Gasteiger partial charge is 0.481 e. The van der Waals surface area contributed by atoms with E-state index in [1.54, 1.807) is 11.8 Å². The number of benzene rings is 2. The Balaban J connectivity index is 1.82. The van der Waals surface area contributed by atoms with Crippen LogP contribution in [0.3, 0.4) is 0 Å². The van der Waals surface area contributed by atoms with Crippen LogP contribution < -0.4 is 4.74 Å². The lowest BCUT2D eigenvalue weighted by molar-refractivity contribution is -0.140. The van der Waals surface area contributed by atoms with Crippen LogP contribution in [0.4, 0.5) is 0 Å². The molecule has 1 aliphatic heterocycles. The number of aryl methyl sites for hydroxylation is 3. The molecule has 1 fully saturated rings. The average molecular weight is 450 g/mol. The third-order valence-corrected chi connectivity index (χ3v) is 7.82. The lowest BCUT2D eigenvalue weighted by atomic mass is 10.1. The van der Waals surface area contributed by atoms with Crippen molar-refractivity contribution < 1.29 is 17.9 Å². The van der Waals surface area contributed by atoms with Crippen LogP contribution in [0.1, 0.15) is 35.6 Å². The van der Waals surface area contributed by atoms with Gasteiger partial charge < -0.3 is 9.64 Å². The minimum atomic E-state index is -3.12. The molecule has 0 aromatic heterocycles. The van der Waals surface area contributed by atoms with Gasteiger partial charge in [-0.05, 0) is 62.9 Å². The molecule has 0 saturated carbocycles. The first kappa shape index (κ1) is 22.6. The highest BCUT2D eigenvalue weighted by Gasteiger charge is 2.36. The van der Waals surface area contributed by atoms with Gasteiger partial charge in [0.05, 0.1) is 11.5 Å². The molecule has 0 aliphatic carbocycles. The van der Waals surface area contributed by atoms with Crippen LogP contribution >= 0.6 is 11.6 Å². The Kier molecular flexibility index (Phi) is 6.78. The molecule has 30 heavy (non-hydrogen) atoms. The van der Waals surface area contributed by atoms with Crippen molar-refractivity contribution in [2.45, 2.75) is 52.8 Å². The van der Waals surface area contributed by atoms with Crippen molar-refractivity contribution in [1.29, 1.82) is 0 Å². The number of ether oxygens (including phenoxy) is 1. The Morgan fingerprint density at radius 3 is 2.30 bits per heavy atom. The van der Waals surface area contributed by atoms with Gasteiger partial charge in [0.15, 0.2) is 15.9 Å². The van der Waals surface area contributed by atoms with Crippen molar-refractivity contribution >= 4 is 27.3 Å². The van der Waals surface area contributed by atoms with Crippen LogP contribution in [0.15, 0.2) is 36.4 Å². The molecule has 1 saturated heterocycles. The molecule has 0 N–H and O–H groups in total. The van der Waals surface area contributed by atoms with Crippen molar-refractivity contribution in [2.75, 3.05) is 11.5 Å². The van der Waals surface area contributed by atoms with Crippen molar-refractivity contribution in [3.05, 3.63) is 63.7 Å². The predicted octanol–water partition coefficient (Wildman–Crippen LogP) is 4.25. The van der Waals surface area contributed by atoms with Crippen molar-refractivity contribution in [2.24, 2.45) is 0 Å². The zero-order valence-corrected chi connectivity index (χ0v) is 19.4. The number of rotatable bonds is 6. The summed E-state index contributed by atoms with van der Waals surface area (Å²) in [6.07, 6.45) is -0.301. The average Bonchev–Trinajstić information content (AvgIpc) is 3.04. The van der Waals surface area contributed by atoms with Gasteiger partial charge in [-0.3, -0.25) is 4.79 Å². The summed E-state index contributed by atoms with van der Waals surface area (Å²) in [5.41, 5.74) is 3.85. The number of hydrogen-bond acceptors (Lipinski definition) is 4. The zero-order valence-electron chi connectivity index (χ0n) is 17.8. The molecule has 7 heteroatoms. The third-order valence-electron chi connectivity index (χ3n) is 5.48. The molecule has 0 spiro atoms. The number of hydrogen-bond donors (Lipinski definition) is 0. The molecule has 2 aromatic rings. The van der Waals surface area contributed by atoms with E-state index in [1.807, 2.05) is 57.2 Å². The van der Waals surface area contributed by atoms with Gasteiger partial charge in [0.1, 0.15) is 5.75 Å². The number of carbonyl (C=O) groups excluding carboxylic acids is 1. The van der Waals surface area contributed by atoms with Gasteiger partial charge in [0.25, 0.3) is 5.91 Å². The standard InChI is InChI=1S/C23H28ClNO4S/c1-15-5-7-19(8-6-15)13-25(20-9-10-30(27,28)14-20)23(26)18(4)29-21-11-16(2)22(24)17(3)12-21/h5-8,11-12,18,20H,9-10,13-14H2,1-4H3. The van der Waals surface area contributed by atoms with Gasteiger partial charge in [-0.1, -0.05) is 41.4 Å². The SMILES string of the molecule is Cc1ccc(CN(C(=O)C(C)Oc2cc(C)c(Cl)c(C)c2)C2CCS(=O)(=O)C2)cc1. The van der Waals surface area contributed by atoms with E-state index in [1.165, 1.54) is 0 Å². The number of sulfone groups is 1. The lowest BCUT2D eigenvalue weighted by Gasteiger charge is -2.31. The minimum Gasteiger partial charge on any atom is -0.481 e. The summed E-state index contributed by atoms with van der Waals surface area (Å²) < 4.78 is 30.0. The molecular formula is C23H28ClNO4S. The smallest absolute Gasteiger partial charge is 0.263 e. The summed E-state index contributed by atoms with van der Waals surface area (Å²) in [5.74, 6) is 0.462. The molecule has 2 unspecified atom stereocenters. The van der Waals surface area contributed by atoms with E-state index in [9.17, 15) is 13.2 Å². The van der Waals surface area contributed by atoms with E-state index in [0.29, 0.717) is 23.7 Å². The van der Waals surface area contributed by atoms with Gasteiger partial charge in [-0.25, -0.2) is 8.42 Å². The van der Waals surface area contributed by atoms with Crippen molar-refractivity contribution in [3.8, 4) is 5.75 Å². The van der Waals surface area contributed by atoms with E-state index in [4.69, 9.17) is 16.3 Å². The fourth-order valence-electron chi connectivity index (χ4n) is 3.76. The molecule has 2 aromatic carbocycles. The maximum Gasteiger partial charge on any atom is 0.263 e. The Morgan fingerprint density at radius 2 is 1.77 bits per heavy atom. The van der Waals surface area contributed by atoms with Crippen LogP contribution in [0.2, 0.25) is 5.02 Å². The fraction of sp³-hybridized carbons (Fsp3) is 0.435. The molecule has 1 aliphatic rings. The molecule has 3 rings (SSSR count). The lowest BCUT2D eigenvalue weighted by Crippen LogP contribution is -2.46. The van der Waals surface area contributed by atoms with Crippen LogP contribution in [0.25, 0.3) is 0 Å². The van der Waals surface area contributed by atoms with Gasteiger partial charge in [-0.2, -0.15) is 0 Å². The summed E-state index contributed by atoms with van der Waals surface area (Å²) in [7, 11) is -3.12. The second-order valence-electron chi connectivity index (χ2n) is 8.14. The Bertz CT molecular complexity index is 1010. The number of amides is 1. The quantitative estimate of drug-likeness (QED) is 0.661. The first-order valence-corrected chi connectivity index (χ1v) is 12.3. The third kappa shape index (κ3) is 5.35. The normalized spacial score (nSPS) is 18.8. The summed E-state index contributed by atoms with van der Waals surface area (Å²) in [4.78, 5) is 15.0. The van der Waals surface area contributed by atoms with Crippen LogP contribution in [-0.4, -0.2) is 42.9 Å². The van der Waals surface area contributed by atoms with E-state index in [0.717, 1.165) is 22.3 Å². The molecular weight excluding hydrogens is 422 g/mol. The highest BCUT2D eigenvalue weighted by molar-refractivity contribution is 7.91. The summed E-state index contributed by atoms with van der Waals surface area (Å²) in [6, 6.07) is 11.2. The van der Waals surface area contributed by atoms with Crippen LogP contribution in [-0.2, 0) is 21.2 Å². The van der Waals surface area contributed by atoms with Crippen molar-refractivity contribution in [1.82, 2.24) is 4.90 Å². The monoisotopic (exact) mass is 449 g/mol. The number of carbonyl (C=O) groups is 1. The van der Waals surface area contributed by atoms with Gasteiger partial charge >= 0.3 is 0 Å². The second kappa shape index (κ2) is 8.98. The topological polar surface area (TPSA) is 63.7 Å². The summed E-state index contributed by atoms with van der Waals surface area (Å²) in [6.45, 7) is 7.84. The molecule has 0 radical (unpaired) electrons. The van der Waals surface area contributed by atoms with Gasteiger partial charge in [0, 0.05) is 17.6 Å². The molecule has 1 amide bonds. The fourth-order valence-corrected chi connectivity index (χ4v) is 5.60. The van der Waals surface area contributed by atoms with Gasteiger partial charge in [-0.15, -0.1) is 0 Å². The Morgan fingerprint density at radius 1 is 1.17 bits per heavy atom. The highest BCUT2D eigenvalue weighted by Crippen LogP contribution is 2.27. The van der Waals surface area contributed by atoms with Crippen molar-refractivity contribution in [3.63, 3.8) is 0 Å². The molecule has 2 atom stereocenters. The van der Waals surface area contributed by atoms with Crippen LogP contribution in [0.5, 0.6) is 5.75 Å². The highest BCUT2D eigenvalue weighted by atomic mass is 35.5. The van der Waals surface area contributed by atoms with Gasteiger partial charge in [0.2, 0.25) is 0 Å². The first-order valence-electron chi connectivity index (χ1n) is 10.1. The Labute approximate surface area is 183 Å². The molecule has 5 nitrogen and oxygen atoms in total. The molecule has 1 heterocycles. The number of halogens is 1. The maximum absolute atomic E-state index is 13.3. The second-order valence-corrected chi connectivity index (χ2v) is 10.7. The maximum atomic E-state index is 13.3. The van der Waals surface area contributed by atoms with E-state index in [2.05, 4.69) is 0 Å². The van der Waals surface area contributed by atoms with E-state index in [-0.39, 0.29) is 23.5 Å². The summed E-state index contributed by atoms with van der Waals surface area (Å²) >= 11 is 6.23. The molecule has 162 valence electrons.